The second kappa shape index (κ2) is 11.8. The summed E-state index contributed by atoms with van der Waals surface area (Å²) in [6.07, 6.45) is 7.92. The molecule has 40 heavy (non-hydrogen) atoms. The molecule has 1 fully saturated rings. The van der Waals surface area contributed by atoms with Crippen molar-refractivity contribution in [2.75, 3.05) is 18.8 Å². The van der Waals surface area contributed by atoms with Gasteiger partial charge in [0.2, 0.25) is 5.91 Å². The largest absolute Gasteiger partial charge is 0.484 e. The van der Waals surface area contributed by atoms with Gasteiger partial charge < -0.3 is 21.1 Å². The monoisotopic (exact) mass is 582 g/mol. The molecular weight excluding hydrogens is 554 g/mol. The van der Waals surface area contributed by atoms with Crippen molar-refractivity contribution in [1.82, 2.24) is 19.7 Å². The molecule has 8 nitrogen and oxygen atoms in total. The van der Waals surface area contributed by atoms with Crippen LogP contribution in [0.25, 0.3) is 11.1 Å². The van der Waals surface area contributed by atoms with E-state index >= 15 is 0 Å². The number of aromatic nitrogens is 3. The van der Waals surface area contributed by atoms with Crippen LogP contribution in [-0.4, -0.2) is 38.7 Å². The number of benzene rings is 2. The van der Waals surface area contributed by atoms with Gasteiger partial charge in [-0.2, -0.15) is 5.10 Å². The lowest BCUT2D eigenvalue weighted by atomic mass is 10.0. The molecule has 1 aliphatic heterocycles. The minimum Gasteiger partial charge on any atom is -0.484 e. The van der Waals surface area contributed by atoms with Gasteiger partial charge in [-0.15, -0.1) is 0 Å². The van der Waals surface area contributed by atoms with Crippen molar-refractivity contribution >= 4 is 34.8 Å². The van der Waals surface area contributed by atoms with Crippen LogP contribution >= 0.6 is 23.2 Å². The first kappa shape index (κ1) is 27.9. The van der Waals surface area contributed by atoms with Crippen molar-refractivity contribution in [3.63, 3.8) is 0 Å². The summed E-state index contributed by atoms with van der Waals surface area (Å²) in [5, 5.41) is 4.82. The summed E-state index contributed by atoms with van der Waals surface area (Å²) in [7, 11) is 0. The first-order chi connectivity index (χ1) is 19.2. The van der Waals surface area contributed by atoms with Crippen molar-refractivity contribution in [1.29, 1.82) is 0 Å². The summed E-state index contributed by atoms with van der Waals surface area (Å²) in [6.45, 7) is 2.92. The lowest BCUT2D eigenvalue weighted by Crippen LogP contribution is -2.43. The van der Waals surface area contributed by atoms with Crippen molar-refractivity contribution in [2.24, 2.45) is 5.73 Å². The van der Waals surface area contributed by atoms with Crippen LogP contribution < -0.4 is 16.2 Å². The molecule has 2 aromatic carbocycles. The smallest absolute Gasteiger partial charge is 0.244 e. The Kier molecular flexibility index (Phi) is 8.25. The molecule has 1 saturated heterocycles. The molecule has 1 aliphatic rings. The van der Waals surface area contributed by atoms with Gasteiger partial charge in [0, 0.05) is 47.8 Å². The fraction of sp³-hybridized carbons (Fsp3) is 0.276. The van der Waals surface area contributed by atoms with Gasteiger partial charge in [0.25, 0.3) is 0 Å². The van der Waals surface area contributed by atoms with Gasteiger partial charge in [-0.05, 0) is 61.2 Å². The maximum absolute atomic E-state index is 14.0. The maximum Gasteiger partial charge on any atom is 0.244 e. The van der Waals surface area contributed by atoms with Gasteiger partial charge in [-0.3, -0.25) is 14.5 Å². The zero-order chi connectivity index (χ0) is 28.4. The van der Waals surface area contributed by atoms with E-state index in [2.05, 4.69) is 10.1 Å². The second-order valence-electron chi connectivity index (χ2n) is 9.80. The van der Waals surface area contributed by atoms with Crippen LogP contribution in [0.4, 0.5) is 10.1 Å². The van der Waals surface area contributed by atoms with Crippen molar-refractivity contribution in [3.05, 3.63) is 94.2 Å². The molecule has 4 N–H and O–H groups in total. The van der Waals surface area contributed by atoms with Crippen LogP contribution in [0.5, 0.6) is 5.75 Å². The maximum atomic E-state index is 14.0. The van der Waals surface area contributed by atoms with Crippen LogP contribution in [0.1, 0.15) is 49.1 Å². The third kappa shape index (κ3) is 5.77. The molecule has 0 radical (unpaired) electrons. The molecule has 5 rings (SSSR count). The molecule has 1 amide bonds. The number of halogens is 3. The van der Waals surface area contributed by atoms with E-state index in [4.69, 9.17) is 39.4 Å². The molecule has 0 aliphatic carbocycles. The Morgan fingerprint density at radius 1 is 1.12 bits per heavy atom. The normalized spacial score (nSPS) is 15.6. The Bertz CT molecular complexity index is 1510. The lowest BCUT2D eigenvalue weighted by Gasteiger charge is -2.33. The highest BCUT2D eigenvalue weighted by Crippen LogP contribution is 2.38. The molecule has 0 spiro atoms. The zero-order valence-electron chi connectivity index (χ0n) is 21.8. The van der Waals surface area contributed by atoms with Crippen molar-refractivity contribution < 1.29 is 13.9 Å². The number of rotatable bonds is 7. The number of carbonyl (C=O) groups is 1. The van der Waals surface area contributed by atoms with Crippen molar-refractivity contribution in [2.45, 2.75) is 38.0 Å². The number of pyridine rings is 1. The second-order valence-corrected chi connectivity index (χ2v) is 10.6. The van der Waals surface area contributed by atoms with E-state index in [1.165, 1.54) is 12.1 Å². The predicted molar refractivity (Wildman–Crippen MR) is 154 cm³/mol. The number of carbonyl (C=O) groups excluding carboxylic acids is 1. The van der Waals surface area contributed by atoms with Crippen LogP contribution in [-0.2, 0) is 4.79 Å². The van der Waals surface area contributed by atoms with E-state index < -0.39 is 18.0 Å². The Balaban J connectivity index is 1.25. The summed E-state index contributed by atoms with van der Waals surface area (Å²) in [5.74, 6) is -0.250. The third-order valence-corrected chi connectivity index (χ3v) is 7.91. The molecule has 208 valence electrons. The Morgan fingerprint density at radius 2 is 1.90 bits per heavy atom. The predicted octanol–water partition coefficient (Wildman–Crippen LogP) is 5.98. The molecule has 0 bridgehead atoms. The fourth-order valence-corrected chi connectivity index (χ4v) is 5.60. The number of likely N-dealkylation sites (tertiary alicyclic amines) is 1. The third-order valence-electron chi connectivity index (χ3n) is 7.20. The number of hydrogen-bond acceptors (Lipinski definition) is 6. The SMILES string of the molecule is C[C@@H](Oc1cc(-c2cnn(C3CCN(C(=O)[C@H](N)c4cccnc4)CC3)c2)ccc1N)c1c(Cl)ccc(F)c1Cl. The van der Waals surface area contributed by atoms with E-state index in [-0.39, 0.29) is 17.0 Å². The summed E-state index contributed by atoms with van der Waals surface area (Å²) in [4.78, 5) is 18.8. The van der Waals surface area contributed by atoms with Gasteiger partial charge >= 0.3 is 0 Å². The summed E-state index contributed by atoms with van der Waals surface area (Å²) in [5.41, 5.74) is 15.6. The van der Waals surface area contributed by atoms with E-state index in [0.29, 0.717) is 40.7 Å². The van der Waals surface area contributed by atoms with Gasteiger partial charge in [0.15, 0.2) is 0 Å². The number of nitrogens with two attached hydrogens (primary N) is 2. The van der Waals surface area contributed by atoms with Gasteiger partial charge in [-0.1, -0.05) is 35.3 Å². The highest BCUT2D eigenvalue weighted by Gasteiger charge is 2.28. The summed E-state index contributed by atoms with van der Waals surface area (Å²) in [6, 6.07) is 11.1. The average Bonchev–Trinajstić information content (AvgIpc) is 3.47. The number of nitrogen functional groups attached to an aromatic ring is 1. The Morgan fingerprint density at radius 3 is 2.62 bits per heavy atom. The van der Waals surface area contributed by atoms with Crippen LogP contribution in [0.3, 0.4) is 0 Å². The number of amides is 1. The highest BCUT2D eigenvalue weighted by atomic mass is 35.5. The quantitative estimate of drug-likeness (QED) is 0.205. The van der Waals surface area contributed by atoms with Crippen LogP contribution in [0, 0.1) is 5.82 Å². The number of anilines is 1. The molecule has 0 saturated carbocycles. The van der Waals surface area contributed by atoms with E-state index in [1.807, 2.05) is 29.1 Å². The first-order valence-electron chi connectivity index (χ1n) is 12.9. The number of nitrogens with zero attached hydrogens (tertiary/aromatic N) is 4. The summed E-state index contributed by atoms with van der Waals surface area (Å²) >= 11 is 12.4. The average molecular weight is 583 g/mol. The molecule has 0 unspecified atom stereocenters. The Labute approximate surface area is 241 Å². The zero-order valence-corrected chi connectivity index (χ0v) is 23.3. The summed E-state index contributed by atoms with van der Waals surface area (Å²) < 4.78 is 22.1. The topological polar surface area (TPSA) is 112 Å². The van der Waals surface area contributed by atoms with Crippen LogP contribution in [0.15, 0.2) is 67.3 Å². The molecule has 2 atom stereocenters. The van der Waals surface area contributed by atoms with Crippen molar-refractivity contribution in [3.8, 4) is 16.9 Å². The highest BCUT2D eigenvalue weighted by molar-refractivity contribution is 6.36. The molecule has 4 aromatic rings. The number of ether oxygens (including phenoxy) is 1. The molecule has 2 aromatic heterocycles. The number of piperidine rings is 1. The van der Waals surface area contributed by atoms with Crippen LogP contribution in [0.2, 0.25) is 10.0 Å². The van der Waals surface area contributed by atoms with E-state index in [0.717, 1.165) is 24.0 Å². The molecule has 11 heteroatoms. The van der Waals surface area contributed by atoms with Gasteiger partial charge in [-0.25, -0.2) is 4.39 Å². The lowest BCUT2D eigenvalue weighted by molar-refractivity contribution is -0.134. The first-order valence-corrected chi connectivity index (χ1v) is 13.7. The Hall–Kier alpha value is -3.66. The fourth-order valence-electron chi connectivity index (χ4n) is 4.92. The van der Waals surface area contributed by atoms with E-state index in [9.17, 15) is 9.18 Å². The minimum atomic E-state index is -0.723. The van der Waals surface area contributed by atoms with E-state index in [1.54, 1.807) is 42.5 Å². The minimum absolute atomic E-state index is 0.0807. The number of hydrogen-bond donors (Lipinski definition) is 2. The molecular formula is C29H29Cl2FN6O2. The molecule has 3 heterocycles. The van der Waals surface area contributed by atoms with Gasteiger partial charge in [0.05, 0.1) is 22.9 Å². The van der Waals surface area contributed by atoms with Gasteiger partial charge in [0.1, 0.15) is 23.7 Å². The standard InChI is InChI=1S/C29H29Cl2FN6O2/c1-17(26-22(30)5-6-23(32)27(26)31)40-25-13-18(4-7-24(25)33)20-15-36-38(16-20)21-8-11-37(12-9-21)29(39)28(34)19-3-2-10-35-14-19/h2-7,10,13-17,21,28H,8-9,11-12,33-34H2,1H3/t17-,28-/m1/s1.